The van der Waals surface area contributed by atoms with Crippen molar-refractivity contribution in [3.63, 3.8) is 0 Å². The third-order valence-corrected chi connectivity index (χ3v) is 4.41. The molecule has 3 rings (SSSR count). The van der Waals surface area contributed by atoms with Crippen LogP contribution in [0.25, 0.3) is 6.08 Å². The Morgan fingerprint density at radius 2 is 1.88 bits per heavy atom. The normalized spacial score (nSPS) is 12.7. The molecule has 0 bridgehead atoms. The number of carbonyl (C=O) groups excluding carboxylic acids is 1. The largest absolute Gasteiger partial charge is 0.454 e. The highest BCUT2D eigenvalue weighted by molar-refractivity contribution is 5.91. The second kappa shape index (κ2) is 8.56. The lowest BCUT2D eigenvalue weighted by Crippen LogP contribution is -2.22. The minimum atomic E-state index is -0.0853. The summed E-state index contributed by atoms with van der Waals surface area (Å²) in [5, 5.41) is 2.92. The quantitative estimate of drug-likeness (QED) is 0.598. The monoisotopic (exact) mass is 351 g/mol. The van der Waals surface area contributed by atoms with Crippen LogP contribution in [-0.4, -0.2) is 19.2 Å². The Kier molecular flexibility index (Phi) is 5.95. The van der Waals surface area contributed by atoms with Gasteiger partial charge in [-0.25, -0.2) is 0 Å². The van der Waals surface area contributed by atoms with Crippen molar-refractivity contribution in [3.8, 4) is 11.5 Å². The van der Waals surface area contributed by atoms with Crippen molar-refractivity contribution in [1.82, 2.24) is 5.32 Å². The van der Waals surface area contributed by atoms with E-state index in [4.69, 9.17) is 9.47 Å². The van der Waals surface area contributed by atoms with Crippen LogP contribution in [0.15, 0.2) is 48.5 Å². The maximum Gasteiger partial charge on any atom is 0.243 e. The van der Waals surface area contributed by atoms with Gasteiger partial charge in [-0.3, -0.25) is 4.79 Å². The van der Waals surface area contributed by atoms with Gasteiger partial charge in [0.05, 0.1) is 0 Å². The summed E-state index contributed by atoms with van der Waals surface area (Å²) in [5.41, 5.74) is 3.57. The maximum atomic E-state index is 11.9. The van der Waals surface area contributed by atoms with Crippen molar-refractivity contribution >= 4 is 12.0 Å². The number of ether oxygens (including phenoxy) is 2. The third-order valence-electron chi connectivity index (χ3n) is 4.41. The molecule has 0 spiro atoms. The first-order chi connectivity index (χ1) is 12.6. The van der Waals surface area contributed by atoms with Crippen molar-refractivity contribution in [2.24, 2.45) is 0 Å². The Labute approximate surface area is 154 Å². The minimum absolute atomic E-state index is 0.0853. The molecule has 0 atom stereocenters. The van der Waals surface area contributed by atoms with Crippen LogP contribution < -0.4 is 14.8 Å². The van der Waals surface area contributed by atoms with Crippen molar-refractivity contribution in [3.05, 3.63) is 65.2 Å². The number of rotatable bonds is 7. The van der Waals surface area contributed by atoms with Crippen LogP contribution in [0, 0.1) is 0 Å². The number of amides is 1. The van der Waals surface area contributed by atoms with E-state index in [1.165, 1.54) is 11.1 Å². The van der Waals surface area contributed by atoms with Crippen molar-refractivity contribution < 1.29 is 14.3 Å². The molecular formula is C22H25NO3. The fourth-order valence-corrected chi connectivity index (χ4v) is 2.82. The number of fused-ring (bicyclic) bond motifs is 1. The minimum Gasteiger partial charge on any atom is -0.454 e. The van der Waals surface area contributed by atoms with Crippen LogP contribution in [0.1, 0.15) is 42.9 Å². The van der Waals surface area contributed by atoms with Crippen molar-refractivity contribution in [2.45, 2.75) is 32.6 Å². The Bertz CT molecular complexity index is 778. The van der Waals surface area contributed by atoms with Crippen LogP contribution in [0.3, 0.4) is 0 Å². The van der Waals surface area contributed by atoms with Gasteiger partial charge in [0.15, 0.2) is 11.5 Å². The average Bonchev–Trinajstić information content (AvgIpc) is 3.11. The standard InChI is InChI=1S/C22H25NO3/c1-16(2)19-9-5-17(6-10-19)4-3-13-23-22(24)12-8-18-7-11-20-21(14-18)26-15-25-20/h5-12,14,16H,3-4,13,15H2,1-2H3,(H,23,24)/b12-8+. The van der Waals surface area contributed by atoms with E-state index in [1.54, 1.807) is 12.2 Å². The van der Waals surface area contributed by atoms with Gasteiger partial charge in [-0.1, -0.05) is 44.2 Å². The summed E-state index contributed by atoms with van der Waals surface area (Å²) in [6.07, 6.45) is 5.21. The Morgan fingerprint density at radius 1 is 1.12 bits per heavy atom. The zero-order chi connectivity index (χ0) is 18.4. The Hall–Kier alpha value is -2.75. The topological polar surface area (TPSA) is 47.6 Å². The molecular weight excluding hydrogens is 326 g/mol. The van der Waals surface area contributed by atoms with Crippen LogP contribution >= 0.6 is 0 Å². The number of nitrogens with one attached hydrogen (secondary N) is 1. The van der Waals surface area contributed by atoms with E-state index >= 15 is 0 Å². The molecule has 1 aliphatic rings. The van der Waals surface area contributed by atoms with Gasteiger partial charge in [0.25, 0.3) is 0 Å². The predicted octanol–water partition coefficient (Wildman–Crippen LogP) is 4.30. The van der Waals surface area contributed by atoms with Gasteiger partial charge in [-0.15, -0.1) is 0 Å². The summed E-state index contributed by atoms with van der Waals surface area (Å²) in [6, 6.07) is 14.3. The molecule has 1 aliphatic heterocycles. The molecule has 0 saturated heterocycles. The molecule has 4 heteroatoms. The van der Waals surface area contributed by atoms with E-state index in [0.717, 1.165) is 29.9 Å². The summed E-state index contributed by atoms with van der Waals surface area (Å²) in [5.74, 6) is 1.93. The van der Waals surface area contributed by atoms with Gasteiger partial charge in [0.2, 0.25) is 12.7 Å². The predicted molar refractivity (Wildman–Crippen MR) is 103 cm³/mol. The van der Waals surface area contributed by atoms with E-state index in [9.17, 15) is 4.79 Å². The molecule has 2 aromatic carbocycles. The summed E-state index contributed by atoms with van der Waals surface area (Å²) in [4.78, 5) is 11.9. The molecule has 0 saturated carbocycles. The number of benzene rings is 2. The van der Waals surface area contributed by atoms with E-state index < -0.39 is 0 Å². The second-order valence-electron chi connectivity index (χ2n) is 6.74. The van der Waals surface area contributed by atoms with Crippen LogP contribution in [0.4, 0.5) is 0 Å². The first-order valence-electron chi connectivity index (χ1n) is 9.06. The molecule has 4 nitrogen and oxygen atoms in total. The van der Waals surface area contributed by atoms with Gasteiger partial charge in [0.1, 0.15) is 0 Å². The fourth-order valence-electron chi connectivity index (χ4n) is 2.82. The zero-order valence-corrected chi connectivity index (χ0v) is 15.3. The zero-order valence-electron chi connectivity index (χ0n) is 15.3. The van der Waals surface area contributed by atoms with Gasteiger partial charge in [0, 0.05) is 12.6 Å². The van der Waals surface area contributed by atoms with E-state index in [2.05, 4.69) is 43.4 Å². The van der Waals surface area contributed by atoms with Gasteiger partial charge >= 0.3 is 0 Å². The summed E-state index contributed by atoms with van der Waals surface area (Å²) >= 11 is 0. The number of hydrogen-bond acceptors (Lipinski definition) is 3. The average molecular weight is 351 g/mol. The lowest BCUT2D eigenvalue weighted by atomic mass is 10.0. The molecule has 1 N–H and O–H groups in total. The Morgan fingerprint density at radius 3 is 2.65 bits per heavy atom. The van der Waals surface area contributed by atoms with Crippen LogP contribution in [-0.2, 0) is 11.2 Å². The van der Waals surface area contributed by atoms with E-state index in [1.807, 2.05) is 18.2 Å². The highest BCUT2D eigenvalue weighted by Crippen LogP contribution is 2.32. The molecule has 2 aromatic rings. The van der Waals surface area contributed by atoms with Gasteiger partial charge < -0.3 is 14.8 Å². The summed E-state index contributed by atoms with van der Waals surface area (Å²) < 4.78 is 10.6. The Balaban J connectivity index is 1.40. The highest BCUT2D eigenvalue weighted by Gasteiger charge is 2.12. The lowest BCUT2D eigenvalue weighted by Gasteiger charge is -2.07. The van der Waals surface area contributed by atoms with E-state index in [0.29, 0.717) is 12.5 Å². The number of hydrogen-bond donors (Lipinski definition) is 1. The molecule has 0 aliphatic carbocycles. The maximum absolute atomic E-state index is 11.9. The molecule has 0 radical (unpaired) electrons. The summed E-state index contributed by atoms with van der Waals surface area (Å²) in [6.45, 7) is 5.31. The van der Waals surface area contributed by atoms with Crippen LogP contribution in [0.5, 0.6) is 11.5 Å². The highest BCUT2D eigenvalue weighted by atomic mass is 16.7. The smallest absolute Gasteiger partial charge is 0.243 e. The van der Waals surface area contributed by atoms with E-state index in [-0.39, 0.29) is 12.7 Å². The molecule has 0 fully saturated rings. The second-order valence-corrected chi connectivity index (χ2v) is 6.74. The van der Waals surface area contributed by atoms with Crippen molar-refractivity contribution in [1.29, 1.82) is 0 Å². The van der Waals surface area contributed by atoms with Gasteiger partial charge in [-0.2, -0.15) is 0 Å². The third kappa shape index (κ3) is 4.88. The summed E-state index contributed by atoms with van der Waals surface area (Å²) in [7, 11) is 0. The molecule has 26 heavy (non-hydrogen) atoms. The SMILES string of the molecule is CC(C)c1ccc(CCCNC(=O)/C=C/c2ccc3c(c2)OCO3)cc1. The number of aryl methyl sites for hydroxylation is 1. The lowest BCUT2D eigenvalue weighted by molar-refractivity contribution is -0.116. The first kappa shape index (κ1) is 18.1. The number of carbonyl (C=O) groups is 1. The molecule has 0 aromatic heterocycles. The first-order valence-corrected chi connectivity index (χ1v) is 9.06. The molecule has 136 valence electrons. The fraction of sp³-hybridized carbons (Fsp3) is 0.318. The molecule has 0 unspecified atom stereocenters. The molecule has 1 heterocycles. The van der Waals surface area contributed by atoms with Gasteiger partial charge in [-0.05, 0) is 53.7 Å². The van der Waals surface area contributed by atoms with Crippen LogP contribution in [0.2, 0.25) is 0 Å². The van der Waals surface area contributed by atoms with Crippen molar-refractivity contribution in [2.75, 3.05) is 13.3 Å². The molecule has 1 amide bonds.